The molecule has 1 saturated heterocycles. The van der Waals surface area contributed by atoms with Crippen LogP contribution in [0.15, 0.2) is 46.2 Å². The van der Waals surface area contributed by atoms with Crippen molar-refractivity contribution in [1.29, 1.82) is 0 Å². The van der Waals surface area contributed by atoms with E-state index in [4.69, 9.17) is 18.6 Å². The number of fused-ring (bicyclic) bond motifs is 1. The molecule has 1 aromatic carbocycles. The van der Waals surface area contributed by atoms with Crippen LogP contribution in [0.2, 0.25) is 0 Å². The van der Waals surface area contributed by atoms with Crippen LogP contribution in [-0.2, 0) is 16.1 Å². The van der Waals surface area contributed by atoms with Gasteiger partial charge in [-0.2, -0.15) is 0 Å². The third kappa shape index (κ3) is 4.01. The maximum absolute atomic E-state index is 12.5. The number of benzene rings is 1. The number of carbonyl (C=O) groups excluding carboxylic acids is 1. The average Bonchev–Trinajstić information content (AvgIpc) is 3.53. The quantitative estimate of drug-likeness (QED) is 0.573. The molecule has 10 heteroatoms. The van der Waals surface area contributed by atoms with Crippen molar-refractivity contribution in [2.24, 2.45) is 0 Å². The third-order valence-corrected chi connectivity index (χ3v) is 5.82. The molecule has 1 fully saturated rings. The summed E-state index contributed by atoms with van der Waals surface area (Å²) in [5.41, 5.74) is 0.655. The summed E-state index contributed by atoms with van der Waals surface area (Å²) in [7, 11) is 0. The van der Waals surface area contributed by atoms with Gasteiger partial charge in [0.25, 0.3) is 0 Å². The summed E-state index contributed by atoms with van der Waals surface area (Å²) < 4.78 is 23.9. The van der Waals surface area contributed by atoms with Crippen LogP contribution in [0.25, 0.3) is 11.6 Å². The van der Waals surface area contributed by atoms with Gasteiger partial charge in [0.2, 0.25) is 18.5 Å². The van der Waals surface area contributed by atoms with Crippen LogP contribution in [0.4, 0.5) is 5.69 Å². The van der Waals surface area contributed by atoms with Crippen molar-refractivity contribution in [1.82, 2.24) is 14.8 Å². The smallest absolute Gasteiger partial charge is 0.234 e. The minimum absolute atomic E-state index is 0.108. The second kappa shape index (κ2) is 8.41. The summed E-state index contributed by atoms with van der Waals surface area (Å²) in [5, 5.41) is 12.1. The molecule has 9 nitrogen and oxygen atoms in total. The Morgan fingerprint density at radius 2 is 2.17 bits per heavy atom. The Labute approximate surface area is 176 Å². The van der Waals surface area contributed by atoms with Gasteiger partial charge in [0.05, 0.1) is 24.7 Å². The van der Waals surface area contributed by atoms with Gasteiger partial charge in [0.15, 0.2) is 22.4 Å². The van der Waals surface area contributed by atoms with E-state index in [1.54, 1.807) is 24.5 Å². The lowest BCUT2D eigenvalue weighted by Crippen LogP contribution is -2.18. The predicted octanol–water partition coefficient (Wildman–Crippen LogP) is 3.18. The van der Waals surface area contributed by atoms with Crippen molar-refractivity contribution < 1.29 is 23.4 Å². The Kier molecular flexibility index (Phi) is 5.33. The number of carbonyl (C=O) groups is 1. The van der Waals surface area contributed by atoms with Gasteiger partial charge in [0, 0.05) is 18.4 Å². The Hall–Kier alpha value is -2.98. The summed E-state index contributed by atoms with van der Waals surface area (Å²) in [6.07, 6.45) is 3.75. The fourth-order valence-electron chi connectivity index (χ4n) is 3.44. The normalized spacial score (nSPS) is 17.4. The average molecular weight is 428 g/mol. The molecule has 2 aromatic heterocycles. The van der Waals surface area contributed by atoms with Crippen LogP contribution in [0, 0.1) is 0 Å². The number of nitrogens with one attached hydrogen (secondary N) is 1. The van der Waals surface area contributed by atoms with Crippen LogP contribution in [0.5, 0.6) is 11.5 Å². The predicted molar refractivity (Wildman–Crippen MR) is 109 cm³/mol. The van der Waals surface area contributed by atoms with Crippen LogP contribution in [0.3, 0.4) is 0 Å². The molecule has 3 aromatic rings. The van der Waals surface area contributed by atoms with Crippen LogP contribution < -0.4 is 14.8 Å². The number of hydrogen-bond donors (Lipinski definition) is 1. The minimum atomic E-state index is -0.148. The second-order valence-electron chi connectivity index (χ2n) is 6.93. The van der Waals surface area contributed by atoms with E-state index in [1.807, 2.05) is 16.7 Å². The fourth-order valence-corrected chi connectivity index (χ4v) is 4.19. The monoisotopic (exact) mass is 428 g/mol. The first-order valence-corrected chi connectivity index (χ1v) is 10.7. The molecule has 1 unspecified atom stereocenters. The lowest BCUT2D eigenvalue weighted by atomic mass is 10.2. The molecular formula is C20H20N4O5S. The molecule has 5 rings (SSSR count). The molecule has 2 aliphatic heterocycles. The van der Waals surface area contributed by atoms with E-state index in [-0.39, 0.29) is 24.6 Å². The van der Waals surface area contributed by atoms with E-state index >= 15 is 0 Å². The molecule has 0 spiro atoms. The summed E-state index contributed by atoms with van der Waals surface area (Å²) in [5.74, 6) is 2.61. The van der Waals surface area contributed by atoms with E-state index in [2.05, 4.69) is 15.5 Å². The van der Waals surface area contributed by atoms with Crippen LogP contribution >= 0.6 is 11.8 Å². The standard InChI is InChI=1S/C20H20N4O5S/c25-18(21-13-5-6-15-17(9-13)29-12-28-15)11-30-20-23-22-19(16-4-2-8-27-16)24(20)10-14-3-1-7-26-14/h2,4-6,8-9,14H,1,3,7,10-12H2,(H,21,25). The highest BCUT2D eigenvalue weighted by molar-refractivity contribution is 7.99. The highest BCUT2D eigenvalue weighted by atomic mass is 32.2. The SMILES string of the molecule is O=C(CSc1nnc(-c2ccco2)n1CC1CCCO1)Nc1ccc2c(c1)OCO2. The highest BCUT2D eigenvalue weighted by Crippen LogP contribution is 2.34. The summed E-state index contributed by atoms with van der Waals surface area (Å²) in [4.78, 5) is 12.5. The maximum Gasteiger partial charge on any atom is 0.234 e. The summed E-state index contributed by atoms with van der Waals surface area (Å²) in [6.45, 7) is 1.58. The summed E-state index contributed by atoms with van der Waals surface area (Å²) >= 11 is 1.33. The molecule has 2 aliphatic rings. The van der Waals surface area contributed by atoms with E-state index in [0.717, 1.165) is 19.4 Å². The largest absolute Gasteiger partial charge is 0.461 e. The number of rotatable bonds is 7. The van der Waals surface area contributed by atoms with Crippen molar-refractivity contribution in [3.63, 3.8) is 0 Å². The number of anilines is 1. The van der Waals surface area contributed by atoms with Gasteiger partial charge in [-0.3, -0.25) is 9.36 Å². The zero-order chi connectivity index (χ0) is 20.3. The third-order valence-electron chi connectivity index (χ3n) is 4.86. The van der Waals surface area contributed by atoms with Gasteiger partial charge in [-0.1, -0.05) is 11.8 Å². The van der Waals surface area contributed by atoms with Gasteiger partial charge in [-0.15, -0.1) is 10.2 Å². The molecule has 1 N–H and O–H groups in total. The molecule has 0 aliphatic carbocycles. The molecule has 4 heterocycles. The second-order valence-corrected chi connectivity index (χ2v) is 7.88. The lowest BCUT2D eigenvalue weighted by Gasteiger charge is -2.14. The molecule has 30 heavy (non-hydrogen) atoms. The van der Waals surface area contributed by atoms with E-state index in [1.165, 1.54) is 11.8 Å². The molecule has 0 bridgehead atoms. The van der Waals surface area contributed by atoms with Crippen LogP contribution in [0.1, 0.15) is 12.8 Å². The molecular weight excluding hydrogens is 408 g/mol. The highest BCUT2D eigenvalue weighted by Gasteiger charge is 2.23. The van der Waals surface area contributed by atoms with E-state index in [0.29, 0.717) is 40.5 Å². The molecule has 1 amide bonds. The number of nitrogens with zero attached hydrogens (tertiary/aromatic N) is 3. The lowest BCUT2D eigenvalue weighted by molar-refractivity contribution is -0.113. The summed E-state index contributed by atoms with van der Waals surface area (Å²) in [6, 6.07) is 8.96. The number of amides is 1. The zero-order valence-corrected chi connectivity index (χ0v) is 16.9. The number of thioether (sulfide) groups is 1. The first-order valence-electron chi connectivity index (χ1n) is 9.67. The number of ether oxygens (including phenoxy) is 3. The Bertz CT molecular complexity index is 1030. The van der Waals surface area contributed by atoms with Gasteiger partial charge >= 0.3 is 0 Å². The molecule has 156 valence electrons. The van der Waals surface area contributed by atoms with Gasteiger partial charge in [-0.25, -0.2) is 0 Å². The van der Waals surface area contributed by atoms with E-state index < -0.39 is 0 Å². The van der Waals surface area contributed by atoms with Crippen molar-refractivity contribution >= 4 is 23.4 Å². The maximum atomic E-state index is 12.5. The van der Waals surface area contributed by atoms with Crippen LogP contribution in [-0.4, -0.2) is 45.9 Å². The molecule has 0 radical (unpaired) electrons. The first kappa shape index (κ1) is 19.0. The molecule has 0 saturated carbocycles. The van der Waals surface area contributed by atoms with Gasteiger partial charge in [0.1, 0.15) is 0 Å². The van der Waals surface area contributed by atoms with Crippen molar-refractivity contribution in [3.8, 4) is 23.1 Å². The van der Waals surface area contributed by atoms with Gasteiger partial charge < -0.3 is 23.9 Å². The zero-order valence-electron chi connectivity index (χ0n) is 16.1. The molecule has 1 atom stereocenters. The Morgan fingerprint density at radius 3 is 3.00 bits per heavy atom. The van der Waals surface area contributed by atoms with Gasteiger partial charge in [-0.05, 0) is 37.1 Å². The Morgan fingerprint density at radius 1 is 1.23 bits per heavy atom. The Balaban J connectivity index is 1.27. The van der Waals surface area contributed by atoms with Crippen molar-refractivity contribution in [2.75, 3.05) is 24.5 Å². The fraction of sp³-hybridized carbons (Fsp3) is 0.350. The number of aromatic nitrogens is 3. The number of furan rings is 1. The minimum Gasteiger partial charge on any atom is -0.461 e. The first-order chi connectivity index (χ1) is 14.8. The van der Waals surface area contributed by atoms with Crippen molar-refractivity contribution in [2.45, 2.75) is 30.6 Å². The van der Waals surface area contributed by atoms with Crippen molar-refractivity contribution in [3.05, 3.63) is 36.6 Å². The topological polar surface area (TPSA) is 101 Å². The number of hydrogen-bond acceptors (Lipinski definition) is 8. The van der Waals surface area contributed by atoms with E-state index in [9.17, 15) is 4.79 Å².